The number of carboxylic acids is 1. The van der Waals surface area contributed by atoms with Gasteiger partial charge in [-0.25, -0.2) is 4.79 Å². The van der Waals surface area contributed by atoms with Crippen molar-refractivity contribution in [3.8, 4) is 0 Å². The molecule has 29 heavy (non-hydrogen) atoms. The van der Waals surface area contributed by atoms with Gasteiger partial charge in [0, 0.05) is 17.4 Å². The number of carboxylic acid groups (broad SMARTS) is 1. The van der Waals surface area contributed by atoms with Crippen LogP contribution in [0.4, 0.5) is 0 Å². The molecule has 1 aromatic rings. The molecule has 2 N–H and O–H groups in total. The number of carbonyl (C=O) groups excluding carboxylic acids is 2. The standard InChI is InChI=1S/C20H22N2O5S2/c1-11(23)15-17(25)22-16(19(26)27)20(29-18(15)22)28-13-7-8-21(9-13)10-14(24)12-5-3-2-4-6-12/h2-6,11,13,15,18,23H,7-10H2,1H3,(H,26,27)/t11-,13?,15+,18+/m0/s1. The van der Waals surface area contributed by atoms with Gasteiger partial charge in [0.2, 0.25) is 5.91 Å². The Morgan fingerprint density at radius 2 is 2.03 bits per heavy atom. The van der Waals surface area contributed by atoms with Gasteiger partial charge in [0.25, 0.3) is 0 Å². The molecule has 2 fully saturated rings. The summed E-state index contributed by atoms with van der Waals surface area (Å²) in [6.07, 6.45) is 0.0453. The summed E-state index contributed by atoms with van der Waals surface area (Å²) in [6, 6.07) is 9.19. The van der Waals surface area contributed by atoms with E-state index in [4.69, 9.17) is 0 Å². The van der Waals surface area contributed by atoms with Gasteiger partial charge < -0.3 is 10.2 Å². The van der Waals surface area contributed by atoms with Gasteiger partial charge in [-0.3, -0.25) is 19.4 Å². The summed E-state index contributed by atoms with van der Waals surface area (Å²) in [5.41, 5.74) is 0.726. The van der Waals surface area contributed by atoms with Crippen LogP contribution in [0.5, 0.6) is 0 Å². The van der Waals surface area contributed by atoms with Gasteiger partial charge in [0.1, 0.15) is 5.37 Å². The Kier molecular flexibility index (Phi) is 5.74. The Hall–Kier alpha value is -1.81. The molecule has 0 radical (unpaired) electrons. The topological polar surface area (TPSA) is 98.2 Å². The summed E-state index contributed by atoms with van der Waals surface area (Å²) in [7, 11) is 0. The smallest absolute Gasteiger partial charge is 0.354 e. The minimum Gasteiger partial charge on any atom is -0.477 e. The summed E-state index contributed by atoms with van der Waals surface area (Å²) in [6.45, 7) is 3.37. The normalized spacial score (nSPS) is 27.7. The van der Waals surface area contributed by atoms with E-state index >= 15 is 0 Å². The molecule has 1 amide bonds. The Balaban J connectivity index is 1.39. The van der Waals surface area contributed by atoms with Crippen LogP contribution in [-0.2, 0) is 9.59 Å². The number of fused-ring (bicyclic) bond motifs is 1. The number of Topliss-reactive ketones (excluding diaryl/α,β-unsaturated/α-hetero) is 1. The van der Waals surface area contributed by atoms with E-state index in [0.717, 1.165) is 13.0 Å². The molecule has 3 aliphatic rings. The molecule has 4 rings (SSSR count). The Morgan fingerprint density at radius 3 is 2.69 bits per heavy atom. The number of rotatable bonds is 7. The molecule has 1 unspecified atom stereocenters. The number of aliphatic hydroxyl groups is 1. The molecule has 0 spiro atoms. The molecule has 9 heteroatoms. The number of hydrogen-bond acceptors (Lipinski definition) is 7. The van der Waals surface area contributed by atoms with Gasteiger partial charge in [0.05, 0.1) is 22.8 Å². The van der Waals surface area contributed by atoms with Crippen LogP contribution in [-0.4, -0.2) is 74.0 Å². The van der Waals surface area contributed by atoms with E-state index in [9.17, 15) is 24.6 Å². The second-order valence-electron chi connectivity index (χ2n) is 7.48. The van der Waals surface area contributed by atoms with E-state index < -0.39 is 18.0 Å². The monoisotopic (exact) mass is 434 g/mol. The first-order valence-electron chi connectivity index (χ1n) is 9.49. The van der Waals surface area contributed by atoms with Crippen molar-refractivity contribution in [2.75, 3.05) is 19.6 Å². The van der Waals surface area contributed by atoms with Gasteiger partial charge in [-0.05, 0) is 19.9 Å². The number of ketones is 1. The number of aliphatic carboxylic acids is 1. The first-order valence-corrected chi connectivity index (χ1v) is 11.3. The average molecular weight is 435 g/mol. The van der Waals surface area contributed by atoms with Crippen LogP contribution >= 0.6 is 23.5 Å². The van der Waals surface area contributed by atoms with E-state index in [1.165, 1.54) is 28.4 Å². The maximum Gasteiger partial charge on any atom is 0.354 e. The number of benzene rings is 1. The average Bonchev–Trinajstić information content (AvgIpc) is 3.24. The second kappa shape index (κ2) is 8.14. The summed E-state index contributed by atoms with van der Waals surface area (Å²) in [5.74, 6) is -1.93. The molecular formula is C20H22N2O5S2. The highest BCUT2D eigenvalue weighted by Gasteiger charge is 2.58. The van der Waals surface area contributed by atoms with Crippen LogP contribution < -0.4 is 0 Å². The lowest BCUT2D eigenvalue weighted by atomic mass is 9.92. The molecule has 1 aromatic carbocycles. The summed E-state index contributed by atoms with van der Waals surface area (Å²) in [5, 5.41) is 19.3. The quantitative estimate of drug-likeness (QED) is 0.496. The second-order valence-corrected chi connectivity index (χ2v) is 10.2. The highest BCUT2D eigenvalue weighted by atomic mass is 32.2. The van der Waals surface area contributed by atoms with Crippen molar-refractivity contribution in [3.63, 3.8) is 0 Å². The fourth-order valence-electron chi connectivity index (χ4n) is 3.94. The third-order valence-electron chi connectivity index (χ3n) is 5.43. The van der Waals surface area contributed by atoms with Crippen LogP contribution in [0.3, 0.4) is 0 Å². The van der Waals surface area contributed by atoms with E-state index in [2.05, 4.69) is 4.90 Å². The van der Waals surface area contributed by atoms with Crippen molar-refractivity contribution < 1.29 is 24.6 Å². The highest BCUT2D eigenvalue weighted by molar-refractivity contribution is 8.23. The molecule has 0 saturated carbocycles. The number of hydrogen-bond donors (Lipinski definition) is 2. The van der Waals surface area contributed by atoms with E-state index in [1.54, 1.807) is 6.92 Å². The number of aliphatic hydroxyl groups excluding tert-OH is 1. The van der Waals surface area contributed by atoms with E-state index in [-0.39, 0.29) is 28.0 Å². The van der Waals surface area contributed by atoms with E-state index in [1.807, 2.05) is 30.3 Å². The molecule has 3 aliphatic heterocycles. The maximum absolute atomic E-state index is 12.4. The molecule has 3 heterocycles. The molecule has 7 nitrogen and oxygen atoms in total. The molecule has 154 valence electrons. The Bertz CT molecular complexity index is 873. The van der Waals surface area contributed by atoms with Crippen molar-refractivity contribution in [1.82, 2.24) is 9.80 Å². The molecule has 0 bridgehead atoms. The minimum atomic E-state index is -1.12. The van der Waals surface area contributed by atoms with Crippen molar-refractivity contribution in [3.05, 3.63) is 45.8 Å². The number of likely N-dealkylation sites (tertiary alicyclic amines) is 1. The molecule has 2 saturated heterocycles. The zero-order valence-corrected chi connectivity index (χ0v) is 17.5. The number of carbonyl (C=O) groups is 3. The highest BCUT2D eigenvalue weighted by Crippen LogP contribution is 2.55. The molecule has 0 aliphatic carbocycles. The van der Waals surface area contributed by atoms with Gasteiger partial charge in [-0.15, -0.1) is 11.8 Å². The lowest BCUT2D eigenvalue weighted by Gasteiger charge is -2.43. The van der Waals surface area contributed by atoms with Gasteiger partial charge >= 0.3 is 5.97 Å². The lowest BCUT2D eigenvalue weighted by Crippen LogP contribution is -2.60. The van der Waals surface area contributed by atoms with Gasteiger partial charge in [0.15, 0.2) is 11.5 Å². The first kappa shape index (κ1) is 20.5. The number of nitrogens with zero attached hydrogens (tertiary/aromatic N) is 2. The molecule has 4 atom stereocenters. The lowest BCUT2D eigenvalue weighted by molar-refractivity contribution is -0.156. The van der Waals surface area contributed by atoms with Crippen molar-refractivity contribution in [1.29, 1.82) is 0 Å². The zero-order valence-electron chi connectivity index (χ0n) is 15.9. The summed E-state index contributed by atoms with van der Waals surface area (Å²) < 4.78 is 0.625. The summed E-state index contributed by atoms with van der Waals surface area (Å²) in [4.78, 5) is 39.9. The third kappa shape index (κ3) is 3.84. The number of amides is 1. The molecular weight excluding hydrogens is 412 g/mol. The third-order valence-corrected chi connectivity index (χ3v) is 8.29. The van der Waals surface area contributed by atoms with Crippen LogP contribution in [0.2, 0.25) is 0 Å². The number of thioether (sulfide) groups is 2. The summed E-state index contributed by atoms with van der Waals surface area (Å²) >= 11 is 2.83. The van der Waals surface area contributed by atoms with Crippen LogP contribution in [0.25, 0.3) is 0 Å². The van der Waals surface area contributed by atoms with E-state index in [0.29, 0.717) is 22.9 Å². The first-order chi connectivity index (χ1) is 13.9. The van der Waals surface area contributed by atoms with Crippen molar-refractivity contribution >= 4 is 41.2 Å². The largest absolute Gasteiger partial charge is 0.477 e. The minimum absolute atomic E-state index is 0.0331. The number of β-lactam (4-membered cyclic amide) rings is 1. The fraction of sp³-hybridized carbons (Fsp3) is 0.450. The van der Waals surface area contributed by atoms with Gasteiger partial charge in [-0.2, -0.15) is 0 Å². The van der Waals surface area contributed by atoms with Gasteiger partial charge in [-0.1, -0.05) is 42.1 Å². The predicted molar refractivity (Wildman–Crippen MR) is 111 cm³/mol. The SMILES string of the molecule is C[C@H](O)[C@@H]1C(=O)N2C(C(=O)O)=C(SC3CCN(CC(=O)c4ccccc4)C3)S[C@H]12. The maximum atomic E-state index is 12.4. The Morgan fingerprint density at radius 1 is 1.31 bits per heavy atom. The van der Waals surface area contributed by atoms with Crippen LogP contribution in [0.1, 0.15) is 23.7 Å². The van der Waals surface area contributed by atoms with Crippen LogP contribution in [0.15, 0.2) is 40.3 Å². The fourth-order valence-corrected chi connectivity index (χ4v) is 7.30. The Labute approximate surface area is 177 Å². The predicted octanol–water partition coefficient (Wildman–Crippen LogP) is 1.84. The van der Waals surface area contributed by atoms with Crippen LogP contribution in [0, 0.1) is 5.92 Å². The zero-order chi connectivity index (χ0) is 20.7. The van der Waals surface area contributed by atoms with Crippen molar-refractivity contribution in [2.45, 2.75) is 30.1 Å². The molecule has 0 aromatic heterocycles. The van der Waals surface area contributed by atoms with Crippen molar-refractivity contribution in [2.24, 2.45) is 5.92 Å².